The molecule has 0 bridgehead atoms. The Morgan fingerprint density at radius 2 is 2.05 bits per heavy atom. The van der Waals surface area contributed by atoms with Gasteiger partial charge in [-0.3, -0.25) is 4.79 Å². The molecule has 0 radical (unpaired) electrons. The van der Waals surface area contributed by atoms with Gasteiger partial charge in [-0.1, -0.05) is 18.2 Å². The molecule has 1 aromatic heterocycles. The molecule has 0 fully saturated rings. The van der Waals surface area contributed by atoms with Crippen LogP contribution in [0.2, 0.25) is 0 Å². The lowest BCUT2D eigenvalue weighted by Crippen LogP contribution is -2.38. The van der Waals surface area contributed by atoms with E-state index < -0.39 is 5.60 Å². The molecule has 22 heavy (non-hydrogen) atoms. The van der Waals surface area contributed by atoms with Gasteiger partial charge in [-0.15, -0.1) is 0 Å². The Morgan fingerprint density at radius 3 is 2.68 bits per heavy atom. The molecule has 0 atom stereocenters. The number of nitrogens with zero attached hydrogens (tertiary/aromatic N) is 3. The Labute approximate surface area is 130 Å². The number of benzene rings is 1. The van der Waals surface area contributed by atoms with Crippen LogP contribution in [-0.2, 0) is 4.79 Å². The number of aliphatic hydroxyl groups is 1. The summed E-state index contributed by atoms with van der Waals surface area (Å²) in [6.45, 7) is 3.62. The van der Waals surface area contributed by atoms with E-state index in [9.17, 15) is 9.90 Å². The summed E-state index contributed by atoms with van der Waals surface area (Å²) < 4.78 is 1.75. The van der Waals surface area contributed by atoms with Crippen LogP contribution in [0.1, 0.15) is 19.4 Å². The summed E-state index contributed by atoms with van der Waals surface area (Å²) in [4.78, 5) is 13.5. The lowest BCUT2D eigenvalue weighted by molar-refractivity contribution is -0.127. The molecular weight excluding hydrogens is 278 g/mol. The monoisotopic (exact) mass is 299 g/mol. The summed E-state index contributed by atoms with van der Waals surface area (Å²) in [5.74, 6) is -0.158. The highest BCUT2D eigenvalue weighted by atomic mass is 16.3. The van der Waals surface area contributed by atoms with Crippen LogP contribution in [0, 0.1) is 0 Å². The van der Waals surface area contributed by atoms with Crippen molar-refractivity contribution in [2.45, 2.75) is 19.4 Å². The van der Waals surface area contributed by atoms with Crippen LogP contribution in [0.4, 0.5) is 0 Å². The molecule has 5 nitrogen and oxygen atoms in total. The van der Waals surface area contributed by atoms with Gasteiger partial charge in [-0.2, -0.15) is 5.10 Å². The molecule has 0 aliphatic heterocycles. The number of amides is 1. The third kappa shape index (κ3) is 4.56. The van der Waals surface area contributed by atoms with Crippen molar-refractivity contribution in [3.05, 3.63) is 54.4 Å². The van der Waals surface area contributed by atoms with E-state index >= 15 is 0 Å². The van der Waals surface area contributed by atoms with E-state index in [4.69, 9.17) is 0 Å². The molecule has 0 aliphatic carbocycles. The number of likely N-dealkylation sites (N-methyl/N-ethyl adjacent to an activating group) is 1. The second kappa shape index (κ2) is 6.58. The molecule has 2 rings (SSSR count). The Morgan fingerprint density at radius 1 is 1.36 bits per heavy atom. The van der Waals surface area contributed by atoms with Gasteiger partial charge in [-0.05, 0) is 32.1 Å². The van der Waals surface area contributed by atoms with Gasteiger partial charge in [0, 0.05) is 31.4 Å². The first-order chi connectivity index (χ1) is 10.3. The number of carbonyl (C=O) groups excluding carboxylic acids is 1. The third-order valence-electron chi connectivity index (χ3n) is 3.04. The summed E-state index contributed by atoms with van der Waals surface area (Å²) in [6, 6.07) is 9.76. The highest BCUT2D eigenvalue weighted by Gasteiger charge is 2.17. The van der Waals surface area contributed by atoms with Crippen LogP contribution in [0.15, 0.2) is 48.8 Å². The van der Waals surface area contributed by atoms with Crippen molar-refractivity contribution in [3.8, 4) is 5.69 Å². The van der Waals surface area contributed by atoms with E-state index in [-0.39, 0.29) is 12.5 Å². The second-order valence-corrected chi connectivity index (χ2v) is 5.89. The fraction of sp³-hybridized carbons (Fsp3) is 0.294. The lowest BCUT2D eigenvalue weighted by atomic mass is 10.1. The van der Waals surface area contributed by atoms with Gasteiger partial charge < -0.3 is 10.0 Å². The zero-order valence-corrected chi connectivity index (χ0v) is 13.1. The minimum atomic E-state index is -0.906. The van der Waals surface area contributed by atoms with Crippen molar-refractivity contribution in [3.63, 3.8) is 0 Å². The number of para-hydroxylation sites is 1. The molecular formula is C17H21N3O2. The minimum absolute atomic E-state index is 0.158. The Hall–Kier alpha value is -2.40. The highest BCUT2D eigenvalue weighted by molar-refractivity contribution is 5.91. The quantitative estimate of drug-likeness (QED) is 0.860. The zero-order chi connectivity index (χ0) is 16.2. The highest BCUT2D eigenvalue weighted by Crippen LogP contribution is 2.09. The molecule has 116 valence electrons. The summed E-state index contributed by atoms with van der Waals surface area (Å²) in [7, 11) is 1.66. The van der Waals surface area contributed by atoms with Crippen molar-refractivity contribution < 1.29 is 9.90 Å². The average molecular weight is 299 g/mol. The maximum atomic E-state index is 12.0. The molecule has 5 heteroatoms. The van der Waals surface area contributed by atoms with Gasteiger partial charge in [0.25, 0.3) is 0 Å². The molecule has 1 N–H and O–H groups in total. The van der Waals surface area contributed by atoms with E-state index in [1.54, 1.807) is 37.8 Å². The minimum Gasteiger partial charge on any atom is -0.389 e. The van der Waals surface area contributed by atoms with Crippen LogP contribution in [-0.4, -0.2) is 44.9 Å². The first kappa shape index (κ1) is 16.0. The molecule has 0 saturated heterocycles. The summed E-state index contributed by atoms with van der Waals surface area (Å²) >= 11 is 0. The fourth-order valence-electron chi connectivity index (χ4n) is 2.10. The molecule has 2 aromatic rings. The van der Waals surface area contributed by atoms with Crippen LogP contribution in [0.3, 0.4) is 0 Å². The van der Waals surface area contributed by atoms with Gasteiger partial charge in [0.2, 0.25) is 5.91 Å². The topological polar surface area (TPSA) is 58.4 Å². The number of hydrogen-bond donors (Lipinski definition) is 1. The predicted octanol–water partition coefficient (Wildman–Crippen LogP) is 2.11. The van der Waals surface area contributed by atoms with Crippen molar-refractivity contribution in [2.24, 2.45) is 0 Å². The summed E-state index contributed by atoms with van der Waals surface area (Å²) in [5, 5.41) is 14.0. The number of carbonyl (C=O) groups is 1. The summed E-state index contributed by atoms with van der Waals surface area (Å²) in [5.41, 5.74) is 0.901. The van der Waals surface area contributed by atoms with E-state index in [1.165, 1.54) is 11.0 Å². The van der Waals surface area contributed by atoms with Gasteiger partial charge in [-0.25, -0.2) is 4.68 Å². The second-order valence-electron chi connectivity index (χ2n) is 5.89. The molecule has 0 spiro atoms. The molecule has 1 aromatic carbocycles. The molecule has 0 unspecified atom stereocenters. The van der Waals surface area contributed by atoms with Gasteiger partial charge in [0.1, 0.15) is 0 Å². The number of aromatic nitrogens is 2. The van der Waals surface area contributed by atoms with Gasteiger partial charge in [0.15, 0.2) is 0 Å². The maximum Gasteiger partial charge on any atom is 0.246 e. The van der Waals surface area contributed by atoms with E-state index in [0.29, 0.717) is 0 Å². The first-order valence-electron chi connectivity index (χ1n) is 7.11. The fourth-order valence-corrected chi connectivity index (χ4v) is 2.10. The Kier molecular flexibility index (Phi) is 4.78. The molecule has 1 heterocycles. The standard InChI is InChI=1S/C17H21N3O2/c1-17(2,22)13-19(3)16(21)10-9-14-11-18-20(12-14)15-7-5-4-6-8-15/h4-12,22H,13H2,1-3H3/b10-9+. The number of hydrogen-bond acceptors (Lipinski definition) is 3. The van der Waals surface area contributed by atoms with Crippen molar-refractivity contribution in [1.29, 1.82) is 0 Å². The summed E-state index contributed by atoms with van der Waals surface area (Å²) in [6.07, 6.45) is 6.76. The Bertz CT molecular complexity index is 654. The smallest absolute Gasteiger partial charge is 0.246 e. The first-order valence-corrected chi connectivity index (χ1v) is 7.11. The normalized spacial score (nSPS) is 11.8. The molecule has 0 saturated carbocycles. The molecule has 1 amide bonds. The predicted molar refractivity (Wildman–Crippen MR) is 86.5 cm³/mol. The van der Waals surface area contributed by atoms with E-state index in [1.807, 2.05) is 36.5 Å². The third-order valence-corrected chi connectivity index (χ3v) is 3.04. The SMILES string of the molecule is CN(CC(C)(C)O)C(=O)/C=C/c1cnn(-c2ccccc2)c1. The van der Waals surface area contributed by atoms with Crippen molar-refractivity contribution in [2.75, 3.05) is 13.6 Å². The van der Waals surface area contributed by atoms with Crippen molar-refractivity contribution in [1.82, 2.24) is 14.7 Å². The Balaban J connectivity index is 2.02. The van der Waals surface area contributed by atoms with Crippen molar-refractivity contribution >= 4 is 12.0 Å². The van der Waals surface area contributed by atoms with Crippen LogP contribution in [0.5, 0.6) is 0 Å². The molecule has 0 aliphatic rings. The van der Waals surface area contributed by atoms with Gasteiger partial charge >= 0.3 is 0 Å². The van der Waals surface area contributed by atoms with Crippen LogP contribution >= 0.6 is 0 Å². The number of rotatable bonds is 5. The average Bonchev–Trinajstić information content (AvgIpc) is 2.92. The van der Waals surface area contributed by atoms with Gasteiger partial charge in [0.05, 0.1) is 17.5 Å². The largest absolute Gasteiger partial charge is 0.389 e. The lowest BCUT2D eigenvalue weighted by Gasteiger charge is -2.24. The zero-order valence-electron chi connectivity index (χ0n) is 13.1. The van der Waals surface area contributed by atoms with E-state index in [0.717, 1.165) is 11.3 Å². The van der Waals surface area contributed by atoms with Crippen LogP contribution < -0.4 is 0 Å². The van der Waals surface area contributed by atoms with Crippen LogP contribution in [0.25, 0.3) is 11.8 Å². The van der Waals surface area contributed by atoms with E-state index in [2.05, 4.69) is 5.10 Å². The maximum absolute atomic E-state index is 12.0.